The van der Waals surface area contributed by atoms with Crippen LogP contribution in [0.15, 0.2) is 44.1 Å². The maximum Gasteiger partial charge on any atom is 0.573 e. The number of hydrogen-bond acceptors (Lipinski definition) is 8. The molecule has 3 aromatic rings. The summed E-state index contributed by atoms with van der Waals surface area (Å²) in [6.45, 7) is 12.7. The normalized spacial score (nSPS) is 19.7. The van der Waals surface area contributed by atoms with Gasteiger partial charge in [0.1, 0.15) is 22.5 Å². The summed E-state index contributed by atoms with van der Waals surface area (Å²) in [5.41, 5.74) is -0.770. The number of fused-ring (bicyclic) bond motifs is 1. The highest BCUT2D eigenvalue weighted by molar-refractivity contribution is 9.10. The molecule has 0 unspecified atom stereocenters. The van der Waals surface area contributed by atoms with E-state index in [2.05, 4.69) is 25.7 Å². The maximum absolute atomic E-state index is 12.8. The van der Waals surface area contributed by atoms with E-state index in [0.717, 1.165) is 4.57 Å². The predicted molar refractivity (Wildman–Crippen MR) is 152 cm³/mol. The van der Waals surface area contributed by atoms with Crippen LogP contribution in [0.3, 0.4) is 0 Å². The minimum Gasteiger partial charge on any atom is -0.458 e. The lowest BCUT2D eigenvalue weighted by molar-refractivity contribution is -0.274. The first-order chi connectivity index (χ1) is 19.3. The van der Waals surface area contributed by atoms with Crippen molar-refractivity contribution in [1.29, 1.82) is 0 Å². The van der Waals surface area contributed by atoms with Gasteiger partial charge in [0.25, 0.3) is 0 Å². The smallest absolute Gasteiger partial charge is 0.458 e. The molecule has 14 heteroatoms. The minimum absolute atomic E-state index is 0.0781. The van der Waals surface area contributed by atoms with E-state index >= 15 is 0 Å². The van der Waals surface area contributed by atoms with Gasteiger partial charge in [-0.1, -0.05) is 13.0 Å². The van der Waals surface area contributed by atoms with Crippen molar-refractivity contribution in [2.45, 2.75) is 91.0 Å². The van der Waals surface area contributed by atoms with E-state index in [4.69, 9.17) is 18.5 Å². The number of oxazole rings is 1. The minimum atomic E-state index is -4.79. The Kier molecular flexibility index (Phi) is 8.67. The molecular formula is C28H33BBrF3N2O7. The number of aryl methyl sites for hydroxylation is 1. The van der Waals surface area contributed by atoms with Crippen LogP contribution in [0.1, 0.15) is 59.9 Å². The molecule has 1 aliphatic rings. The molecule has 0 bridgehead atoms. The Morgan fingerprint density at radius 3 is 2.50 bits per heavy atom. The topological polar surface area (TPSA) is 102 Å². The van der Waals surface area contributed by atoms with Crippen molar-refractivity contribution in [3.8, 4) is 5.75 Å². The number of halogens is 4. The first-order valence-corrected chi connectivity index (χ1v) is 14.2. The van der Waals surface area contributed by atoms with Crippen LogP contribution in [-0.4, -0.2) is 45.8 Å². The second-order valence-corrected chi connectivity index (χ2v) is 12.6. The molecule has 0 saturated carbocycles. The van der Waals surface area contributed by atoms with E-state index in [9.17, 15) is 22.8 Å². The van der Waals surface area contributed by atoms with Crippen molar-refractivity contribution >= 4 is 45.7 Å². The number of nitrogens with zero attached hydrogens (tertiary/aromatic N) is 2. The summed E-state index contributed by atoms with van der Waals surface area (Å²) in [4.78, 5) is 29.3. The van der Waals surface area contributed by atoms with Crippen molar-refractivity contribution in [3.05, 3.63) is 51.0 Å². The molecule has 0 amide bonds. The molecule has 228 valence electrons. The Hall–Kier alpha value is -2.84. The fourth-order valence-corrected chi connectivity index (χ4v) is 5.44. The first-order valence-electron chi connectivity index (χ1n) is 13.4. The van der Waals surface area contributed by atoms with Crippen molar-refractivity contribution in [2.75, 3.05) is 0 Å². The molecule has 0 radical (unpaired) electrons. The lowest BCUT2D eigenvalue weighted by Gasteiger charge is -2.42. The van der Waals surface area contributed by atoms with Gasteiger partial charge in [-0.3, -0.25) is 4.79 Å². The third-order valence-corrected chi connectivity index (χ3v) is 8.40. The number of alkyl halides is 3. The van der Waals surface area contributed by atoms with Crippen LogP contribution < -0.4 is 16.0 Å². The SMILES string of the molecule is Cc1cc(OC(F)(F)F)ccc1B1OC(C)(C)[C@@](C)([C@@H](C)CCC(C)(C)OC(=O)Cn2c(=O)oc3ccc(Br)nc32)O1. The van der Waals surface area contributed by atoms with E-state index in [0.29, 0.717) is 28.5 Å². The zero-order valence-corrected chi connectivity index (χ0v) is 26.0. The van der Waals surface area contributed by atoms with Crippen molar-refractivity contribution < 1.29 is 41.2 Å². The number of esters is 1. The highest BCUT2D eigenvalue weighted by Gasteiger charge is 2.57. The van der Waals surface area contributed by atoms with Gasteiger partial charge < -0.3 is 23.2 Å². The van der Waals surface area contributed by atoms with Crippen LogP contribution in [0.5, 0.6) is 5.75 Å². The Morgan fingerprint density at radius 2 is 1.86 bits per heavy atom. The summed E-state index contributed by atoms with van der Waals surface area (Å²) in [6.07, 6.45) is -3.71. The third-order valence-electron chi connectivity index (χ3n) is 7.95. The number of pyridine rings is 1. The summed E-state index contributed by atoms with van der Waals surface area (Å²) in [7, 11) is -0.796. The molecule has 1 fully saturated rings. The average molecular weight is 657 g/mol. The molecule has 1 saturated heterocycles. The first kappa shape index (κ1) is 32.1. The molecule has 1 aliphatic heterocycles. The van der Waals surface area contributed by atoms with E-state index in [1.807, 2.05) is 27.7 Å². The van der Waals surface area contributed by atoms with Crippen LogP contribution in [-0.2, 0) is 25.4 Å². The second kappa shape index (κ2) is 11.3. The largest absolute Gasteiger partial charge is 0.573 e. The number of ether oxygens (including phenoxy) is 2. The quantitative estimate of drug-likeness (QED) is 0.165. The van der Waals surface area contributed by atoms with Gasteiger partial charge in [-0.05, 0) is 112 Å². The Labute approximate surface area is 249 Å². The Bertz CT molecular complexity index is 1540. The summed E-state index contributed by atoms with van der Waals surface area (Å²) in [5, 5.41) is 0. The molecule has 2 aromatic heterocycles. The predicted octanol–water partition coefficient (Wildman–Crippen LogP) is 5.68. The Morgan fingerprint density at radius 1 is 1.17 bits per heavy atom. The molecule has 3 heterocycles. The van der Waals surface area contributed by atoms with E-state index in [1.165, 1.54) is 18.2 Å². The number of hydrogen-bond donors (Lipinski definition) is 0. The fourth-order valence-electron chi connectivity index (χ4n) is 5.14. The van der Waals surface area contributed by atoms with Crippen molar-refractivity contribution in [1.82, 2.24) is 9.55 Å². The number of benzene rings is 1. The maximum atomic E-state index is 12.8. The molecule has 0 spiro atoms. The third kappa shape index (κ3) is 6.86. The van der Waals surface area contributed by atoms with Gasteiger partial charge in [0.2, 0.25) is 0 Å². The van der Waals surface area contributed by atoms with Crippen molar-refractivity contribution in [3.63, 3.8) is 0 Å². The van der Waals surface area contributed by atoms with Gasteiger partial charge in [0, 0.05) is 0 Å². The monoisotopic (exact) mass is 656 g/mol. The standard InChI is InChI=1S/C28H33BBrF3N2O7/c1-16-14-18(39-28(31,32)33)8-9-19(16)29-41-26(5,6)27(7,42-29)17(2)12-13-25(3,4)40-22(36)15-35-23-20(38-24(35)37)10-11-21(30)34-23/h8-11,14,17H,12-13,15H2,1-7H3/t17-,27+/m0/s1. The van der Waals surface area contributed by atoms with Gasteiger partial charge in [-0.25, -0.2) is 14.3 Å². The highest BCUT2D eigenvalue weighted by atomic mass is 79.9. The van der Waals surface area contributed by atoms with E-state index < -0.39 is 42.0 Å². The number of aromatic nitrogens is 2. The molecule has 9 nitrogen and oxygen atoms in total. The lowest BCUT2D eigenvalue weighted by atomic mass is 9.74. The van der Waals surface area contributed by atoms with Gasteiger partial charge in [0.05, 0.1) is 11.2 Å². The van der Waals surface area contributed by atoms with E-state index in [-0.39, 0.29) is 29.4 Å². The number of carbonyl (C=O) groups excluding carboxylic acids is 1. The average Bonchev–Trinajstić information content (AvgIpc) is 3.28. The number of rotatable bonds is 9. The molecule has 2 atom stereocenters. The summed E-state index contributed by atoms with van der Waals surface area (Å²) in [6, 6.07) is 7.26. The van der Waals surface area contributed by atoms with Gasteiger partial charge >= 0.3 is 25.2 Å². The van der Waals surface area contributed by atoms with Crippen molar-refractivity contribution in [2.24, 2.45) is 5.92 Å². The molecule has 1 aromatic carbocycles. The zero-order valence-electron chi connectivity index (χ0n) is 24.4. The molecule has 0 aliphatic carbocycles. The van der Waals surface area contributed by atoms with Crippen LogP contribution in [0.2, 0.25) is 0 Å². The lowest BCUT2D eigenvalue weighted by Crippen LogP contribution is -2.50. The van der Waals surface area contributed by atoms with Gasteiger partial charge in [-0.15, -0.1) is 13.2 Å². The molecule has 4 rings (SSSR count). The second-order valence-electron chi connectivity index (χ2n) is 11.8. The molecule has 0 N–H and O–H groups in total. The zero-order chi connectivity index (χ0) is 31.3. The molecule has 42 heavy (non-hydrogen) atoms. The van der Waals surface area contributed by atoms with Gasteiger partial charge in [-0.2, -0.15) is 0 Å². The van der Waals surface area contributed by atoms with Crippen LogP contribution in [0.25, 0.3) is 11.2 Å². The van der Waals surface area contributed by atoms with E-state index in [1.54, 1.807) is 32.9 Å². The summed E-state index contributed by atoms with van der Waals surface area (Å²) < 4.78 is 67.2. The Balaban J connectivity index is 1.40. The summed E-state index contributed by atoms with van der Waals surface area (Å²) >= 11 is 3.25. The van der Waals surface area contributed by atoms with Crippen LogP contribution in [0, 0.1) is 12.8 Å². The summed E-state index contributed by atoms with van der Waals surface area (Å²) in [5.74, 6) is -1.71. The van der Waals surface area contributed by atoms with Gasteiger partial charge in [0.15, 0.2) is 11.2 Å². The van der Waals surface area contributed by atoms with Crippen LogP contribution in [0.4, 0.5) is 13.2 Å². The highest BCUT2D eigenvalue weighted by Crippen LogP contribution is 2.44. The molecular weight excluding hydrogens is 624 g/mol. The number of carbonyl (C=O) groups is 1. The van der Waals surface area contributed by atoms with Crippen LogP contribution >= 0.6 is 15.9 Å². The fraction of sp³-hybridized carbons (Fsp3) is 0.536.